The average Bonchev–Trinajstić information content (AvgIpc) is 3.01. The van der Waals surface area contributed by atoms with Crippen molar-refractivity contribution in [1.29, 1.82) is 0 Å². The van der Waals surface area contributed by atoms with Gasteiger partial charge in [-0.25, -0.2) is 0 Å². The summed E-state index contributed by atoms with van der Waals surface area (Å²) >= 11 is 0. The summed E-state index contributed by atoms with van der Waals surface area (Å²) in [5.74, 6) is 2.21. The Hall–Kier alpha value is -2.01. The van der Waals surface area contributed by atoms with E-state index in [2.05, 4.69) is 4.90 Å². The quantitative estimate of drug-likeness (QED) is 0.727. The zero-order chi connectivity index (χ0) is 18.5. The van der Waals surface area contributed by atoms with Gasteiger partial charge in [0.25, 0.3) is 0 Å². The molecule has 1 aromatic rings. The lowest BCUT2D eigenvalue weighted by atomic mass is 10.0. The first-order valence-electron chi connectivity index (χ1n) is 9.43. The van der Waals surface area contributed by atoms with Crippen molar-refractivity contribution in [1.82, 2.24) is 4.90 Å². The number of hydrogen-bond acceptors (Lipinski definition) is 5. The molecule has 5 heteroatoms. The van der Waals surface area contributed by atoms with E-state index in [-0.39, 0.29) is 5.92 Å². The van der Waals surface area contributed by atoms with E-state index in [1.54, 1.807) is 21.3 Å². The molecular weight excluding hydrogens is 330 g/mol. The van der Waals surface area contributed by atoms with Gasteiger partial charge in [-0.3, -0.25) is 4.79 Å². The molecule has 0 amide bonds. The summed E-state index contributed by atoms with van der Waals surface area (Å²) in [6.07, 6.45) is 7.61. The summed E-state index contributed by atoms with van der Waals surface area (Å²) in [6, 6.07) is 3.78. The molecule has 0 spiro atoms. The molecule has 3 rings (SSSR count). The second-order valence-corrected chi connectivity index (χ2v) is 7.09. The standard InChI is InChI=1S/C21H29NO4/c1-24-18-12-15(13-19(25-2)21(18)26-3)11-16-7-8-17(20(16)23)14-22-9-5-4-6-10-22/h11-13,17H,4-10,14H2,1-3H3/b16-11+. The summed E-state index contributed by atoms with van der Waals surface area (Å²) < 4.78 is 16.2. The number of benzene rings is 1. The molecule has 0 N–H and O–H groups in total. The van der Waals surface area contributed by atoms with Gasteiger partial charge in [0.2, 0.25) is 5.75 Å². The van der Waals surface area contributed by atoms with Gasteiger partial charge in [-0.05, 0) is 68.1 Å². The van der Waals surface area contributed by atoms with Gasteiger partial charge >= 0.3 is 0 Å². The van der Waals surface area contributed by atoms with Crippen molar-refractivity contribution >= 4 is 11.9 Å². The molecule has 1 saturated heterocycles. The van der Waals surface area contributed by atoms with E-state index in [1.807, 2.05) is 18.2 Å². The van der Waals surface area contributed by atoms with Crippen LogP contribution in [-0.4, -0.2) is 51.6 Å². The molecule has 0 aromatic heterocycles. The van der Waals surface area contributed by atoms with Crippen molar-refractivity contribution in [3.8, 4) is 17.2 Å². The number of Topliss-reactive ketones (excluding diaryl/α,β-unsaturated/α-hetero) is 1. The summed E-state index contributed by atoms with van der Waals surface area (Å²) in [7, 11) is 4.79. The third-order valence-electron chi connectivity index (χ3n) is 5.40. The lowest BCUT2D eigenvalue weighted by molar-refractivity contribution is -0.118. The fraction of sp³-hybridized carbons (Fsp3) is 0.571. The van der Waals surface area contributed by atoms with E-state index in [9.17, 15) is 4.79 Å². The highest BCUT2D eigenvalue weighted by molar-refractivity contribution is 6.03. The van der Waals surface area contributed by atoms with Crippen LogP contribution >= 0.6 is 0 Å². The Morgan fingerprint density at radius 2 is 1.69 bits per heavy atom. The van der Waals surface area contributed by atoms with Crippen LogP contribution in [0.5, 0.6) is 17.2 Å². The summed E-state index contributed by atoms with van der Waals surface area (Å²) in [4.78, 5) is 15.3. The van der Waals surface area contributed by atoms with Gasteiger partial charge in [0.1, 0.15) is 0 Å². The Kier molecular flexibility index (Phi) is 6.20. The third-order valence-corrected chi connectivity index (χ3v) is 5.40. The molecule has 142 valence electrons. The fourth-order valence-corrected chi connectivity index (χ4v) is 4.00. The van der Waals surface area contributed by atoms with Crippen molar-refractivity contribution in [2.75, 3.05) is 41.0 Å². The fourth-order valence-electron chi connectivity index (χ4n) is 4.00. The van der Waals surface area contributed by atoms with Gasteiger partial charge < -0.3 is 19.1 Å². The van der Waals surface area contributed by atoms with Crippen molar-refractivity contribution in [2.24, 2.45) is 5.92 Å². The SMILES string of the molecule is COc1cc(/C=C2\CCC(CN3CCCCC3)C2=O)cc(OC)c1OC. The van der Waals surface area contributed by atoms with Crippen LogP contribution < -0.4 is 14.2 Å². The summed E-state index contributed by atoms with van der Waals surface area (Å²) in [5, 5.41) is 0. The van der Waals surface area contributed by atoms with Crippen molar-refractivity contribution in [3.63, 3.8) is 0 Å². The molecule has 1 heterocycles. The number of methoxy groups -OCH3 is 3. The number of rotatable bonds is 6. The van der Waals surface area contributed by atoms with Crippen LogP contribution in [0, 0.1) is 5.92 Å². The molecule has 1 aliphatic heterocycles. The third kappa shape index (κ3) is 4.04. The lowest BCUT2D eigenvalue weighted by Gasteiger charge is -2.28. The van der Waals surface area contributed by atoms with Gasteiger partial charge in [-0.1, -0.05) is 6.42 Å². The van der Waals surface area contributed by atoms with Crippen LogP contribution in [-0.2, 0) is 4.79 Å². The predicted molar refractivity (Wildman–Crippen MR) is 102 cm³/mol. The Balaban J connectivity index is 1.76. The number of nitrogens with zero attached hydrogens (tertiary/aromatic N) is 1. The minimum Gasteiger partial charge on any atom is -0.493 e. The lowest BCUT2D eigenvalue weighted by Crippen LogP contribution is -2.35. The van der Waals surface area contributed by atoms with E-state index in [0.717, 1.165) is 43.6 Å². The second kappa shape index (κ2) is 8.58. The number of ketones is 1. The van der Waals surface area contributed by atoms with Gasteiger partial charge in [-0.15, -0.1) is 0 Å². The first-order chi connectivity index (χ1) is 12.7. The van der Waals surface area contributed by atoms with Crippen molar-refractivity contribution in [3.05, 3.63) is 23.3 Å². The van der Waals surface area contributed by atoms with E-state index < -0.39 is 0 Å². The number of allylic oxidation sites excluding steroid dienone is 1. The maximum absolute atomic E-state index is 12.8. The molecule has 1 unspecified atom stereocenters. The highest BCUT2D eigenvalue weighted by atomic mass is 16.5. The van der Waals surface area contributed by atoms with Gasteiger partial charge in [0.05, 0.1) is 21.3 Å². The number of hydrogen-bond donors (Lipinski definition) is 0. The molecular formula is C21H29NO4. The van der Waals surface area contributed by atoms with Crippen LogP contribution in [0.3, 0.4) is 0 Å². The number of carbonyl (C=O) groups is 1. The number of carbonyl (C=O) groups excluding carboxylic acids is 1. The molecule has 2 aliphatic rings. The van der Waals surface area contributed by atoms with E-state index in [0.29, 0.717) is 23.0 Å². The molecule has 1 atom stereocenters. The van der Waals surface area contributed by atoms with Crippen LogP contribution in [0.1, 0.15) is 37.7 Å². The second-order valence-electron chi connectivity index (χ2n) is 7.09. The predicted octanol–water partition coefficient (Wildman–Crippen LogP) is 3.56. The van der Waals surface area contributed by atoms with E-state index in [4.69, 9.17) is 14.2 Å². The van der Waals surface area contributed by atoms with E-state index in [1.165, 1.54) is 19.3 Å². The van der Waals surface area contributed by atoms with Gasteiger partial charge in [0.15, 0.2) is 17.3 Å². The maximum Gasteiger partial charge on any atom is 0.203 e. The highest BCUT2D eigenvalue weighted by Gasteiger charge is 2.31. The Morgan fingerprint density at radius 3 is 2.27 bits per heavy atom. The molecule has 0 bridgehead atoms. The number of ether oxygens (including phenoxy) is 3. The first kappa shape index (κ1) is 18.8. The van der Waals surface area contributed by atoms with Crippen molar-refractivity contribution in [2.45, 2.75) is 32.1 Å². The van der Waals surface area contributed by atoms with Crippen molar-refractivity contribution < 1.29 is 19.0 Å². The van der Waals surface area contributed by atoms with Gasteiger partial charge in [0, 0.05) is 12.5 Å². The summed E-state index contributed by atoms with van der Waals surface area (Å²) in [6.45, 7) is 3.18. The highest BCUT2D eigenvalue weighted by Crippen LogP contribution is 2.39. The molecule has 0 radical (unpaired) electrons. The molecule has 2 fully saturated rings. The Morgan fingerprint density at radius 1 is 1.04 bits per heavy atom. The molecule has 1 aromatic carbocycles. The molecule has 5 nitrogen and oxygen atoms in total. The average molecular weight is 359 g/mol. The van der Waals surface area contributed by atoms with Crippen LogP contribution in [0.4, 0.5) is 0 Å². The van der Waals surface area contributed by atoms with Gasteiger partial charge in [-0.2, -0.15) is 0 Å². The molecule has 1 saturated carbocycles. The summed E-state index contributed by atoms with van der Waals surface area (Å²) in [5.41, 5.74) is 1.81. The van der Waals surface area contributed by atoms with E-state index >= 15 is 0 Å². The minimum absolute atomic E-state index is 0.140. The smallest absolute Gasteiger partial charge is 0.203 e. The number of likely N-dealkylation sites (tertiary alicyclic amines) is 1. The largest absolute Gasteiger partial charge is 0.493 e. The van der Waals surface area contributed by atoms with Crippen LogP contribution in [0.2, 0.25) is 0 Å². The normalized spacial score (nSPS) is 22.7. The first-order valence-corrected chi connectivity index (χ1v) is 9.43. The number of piperidine rings is 1. The monoisotopic (exact) mass is 359 g/mol. The molecule has 26 heavy (non-hydrogen) atoms. The zero-order valence-corrected chi connectivity index (χ0v) is 16.0. The minimum atomic E-state index is 0.140. The Bertz CT molecular complexity index is 652. The molecule has 1 aliphatic carbocycles. The maximum atomic E-state index is 12.8. The Labute approximate surface area is 155 Å². The van der Waals surface area contributed by atoms with Crippen LogP contribution in [0.25, 0.3) is 6.08 Å². The van der Waals surface area contributed by atoms with Crippen LogP contribution in [0.15, 0.2) is 17.7 Å². The topological polar surface area (TPSA) is 48.0 Å². The zero-order valence-electron chi connectivity index (χ0n) is 16.0.